The van der Waals surface area contributed by atoms with E-state index in [0.29, 0.717) is 5.56 Å². The predicted molar refractivity (Wildman–Crippen MR) is 103 cm³/mol. The minimum absolute atomic E-state index is 0.0759. The molecule has 2 aromatic carbocycles. The van der Waals surface area contributed by atoms with Gasteiger partial charge >= 0.3 is 12.6 Å². The molecule has 2 aromatic rings. The lowest BCUT2D eigenvalue weighted by Crippen LogP contribution is -2.47. The van der Waals surface area contributed by atoms with E-state index in [4.69, 9.17) is 0 Å². The number of rotatable bonds is 7. The Balaban J connectivity index is 1.40. The van der Waals surface area contributed by atoms with Crippen molar-refractivity contribution >= 4 is 6.03 Å². The van der Waals surface area contributed by atoms with E-state index in [1.807, 2.05) is 18.2 Å². The second-order valence-corrected chi connectivity index (χ2v) is 6.85. The van der Waals surface area contributed by atoms with Crippen LogP contribution in [0.1, 0.15) is 24.0 Å². The molecule has 0 atom stereocenters. The summed E-state index contributed by atoms with van der Waals surface area (Å²) in [6, 6.07) is 16.6. The van der Waals surface area contributed by atoms with Gasteiger partial charge in [0.2, 0.25) is 0 Å². The topological polar surface area (TPSA) is 53.6 Å². The van der Waals surface area contributed by atoms with E-state index >= 15 is 0 Å². The van der Waals surface area contributed by atoms with Crippen molar-refractivity contribution in [1.29, 1.82) is 0 Å². The number of carbonyl (C=O) groups excluding carboxylic acids is 1. The van der Waals surface area contributed by atoms with Crippen LogP contribution in [-0.2, 0) is 13.1 Å². The zero-order chi connectivity index (χ0) is 19.8. The van der Waals surface area contributed by atoms with Crippen molar-refractivity contribution in [1.82, 2.24) is 15.5 Å². The molecule has 0 spiro atoms. The number of alkyl halides is 2. The number of likely N-dealkylation sites (tertiary alicyclic amines) is 1. The molecule has 1 fully saturated rings. The monoisotopic (exact) mass is 389 g/mol. The summed E-state index contributed by atoms with van der Waals surface area (Å²) in [5.74, 6) is 0.0759. The highest BCUT2D eigenvalue weighted by Crippen LogP contribution is 2.20. The molecule has 28 heavy (non-hydrogen) atoms. The average Bonchev–Trinajstić information content (AvgIpc) is 2.69. The van der Waals surface area contributed by atoms with Crippen LogP contribution in [0.2, 0.25) is 0 Å². The first-order valence-corrected chi connectivity index (χ1v) is 9.43. The van der Waals surface area contributed by atoms with Gasteiger partial charge < -0.3 is 15.4 Å². The molecule has 3 rings (SSSR count). The molecule has 5 nitrogen and oxygen atoms in total. The summed E-state index contributed by atoms with van der Waals surface area (Å²) < 4.78 is 29.4. The molecule has 1 aliphatic rings. The van der Waals surface area contributed by atoms with Crippen LogP contribution in [0.5, 0.6) is 5.75 Å². The molecule has 2 N–H and O–H groups in total. The van der Waals surface area contributed by atoms with Gasteiger partial charge in [-0.25, -0.2) is 4.79 Å². The van der Waals surface area contributed by atoms with Crippen molar-refractivity contribution in [2.24, 2.45) is 0 Å². The number of hydrogen-bond acceptors (Lipinski definition) is 3. The van der Waals surface area contributed by atoms with E-state index in [9.17, 15) is 13.6 Å². The van der Waals surface area contributed by atoms with Gasteiger partial charge in [-0.1, -0.05) is 48.5 Å². The molecule has 7 heteroatoms. The van der Waals surface area contributed by atoms with Crippen LogP contribution < -0.4 is 15.4 Å². The van der Waals surface area contributed by atoms with Crippen molar-refractivity contribution in [3.05, 3.63) is 65.7 Å². The highest BCUT2D eigenvalue weighted by Gasteiger charge is 2.20. The summed E-state index contributed by atoms with van der Waals surface area (Å²) in [5.41, 5.74) is 1.80. The fraction of sp³-hybridized carbons (Fsp3) is 0.381. The van der Waals surface area contributed by atoms with E-state index in [1.165, 1.54) is 11.6 Å². The molecule has 0 unspecified atom stereocenters. The molecule has 1 saturated heterocycles. The van der Waals surface area contributed by atoms with Gasteiger partial charge in [0.1, 0.15) is 5.75 Å². The Morgan fingerprint density at radius 2 is 1.75 bits per heavy atom. The van der Waals surface area contributed by atoms with E-state index in [-0.39, 0.29) is 24.4 Å². The van der Waals surface area contributed by atoms with Crippen molar-refractivity contribution < 1.29 is 18.3 Å². The van der Waals surface area contributed by atoms with E-state index in [1.54, 1.807) is 18.2 Å². The third kappa shape index (κ3) is 6.20. The fourth-order valence-electron chi connectivity index (χ4n) is 3.35. The Kier molecular flexibility index (Phi) is 7.19. The number of piperidine rings is 1. The minimum atomic E-state index is -2.89. The Labute approximate surface area is 163 Å². The summed E-state index contributed by atoms with van der Waals surface area (Å²) in [6.45, 7) is -0.00558. The Hall–Kier alpha value is -2.67. The smallest absolute Gasteiger partial charge is 0.387 e. The molecular formula is C21H25F2N3O2. The van der Waals surface area contributed by atoms with Gasteiger partial charge in [-0.05, 0) is 24.5 Å². The van der Waals surface area contributed by atoms with E-state index in [0.717, 1.165) is 32.5 Å². The summed E-state index contributed by atoms with van der Waals surface area (Å²) >= 11 is 0. The van der Waals surface area contributed by atoms with Gasteiger partial charge in [-0.2, -0.15) is 8.78 Å². The van der Waals surface area contributed by atoms with Crippen molar-refractivity contribution in [2.75, 3.05) is 13.1 Å². The Morgan fingerprint density at radius 1 is 1.07 bits per heavy atom. The maximum absolute atomic E-state index is 12.5. The number of carbonyl (C=O) groups is 1. The second kappa shape index (κ2) is 10.0. The maximum atomic E-state index is 12.5. The third-order valence-electron chi connectivity index (χ3n) is 4.80. The number of ether oxygens (including phenoxy) is 1. The average molecular weight is 389 g/mol. The number of halogens is 2. The lowest BCUT2D eigenvalue weighted by molar-refractivity contribution is -0.0504. The van der Waals surface area contributed by atoms with Crippen molar-refractivity contribution in [3.63, 3.8) is 0 Å². The van der Waals surface area contributed by atoms with Crippen LogP contribution in [0.15, 0.2) is 54.6 Å². The normalized spacial score (nSPS) is 15.4. The lowest BCUT2D eigenvalue weighted by atomic mass is 10.0. The van der Waals surface area contributed by atoms with Crippen LogP contribution >= 0.6 is 0 Å². The molecule has 1 aliphatic heterocycles. The number of urea groups is 1. The molecule has 150 valence electrons. The molecule has 0 aromatic heterocycles. The van der Waals surface area contributed by atoms with Gasteiger partial charge in [0.05, 0.1) is 0 Å². The molecule has 0 bridgehead atoms. The molecule has 2 amide bonds. The molecule has 0 radical (unpaired) electrons. The summed E-state index contributed by atoms with van der Waals surface area (Å²) in [7, 11) is 0. The van der Waals surface area contributed by atoms with E-state index < -0.39 is 6.61 Å². The zero-order valence-corrected chi connectivity index (χ0v) is 15.6. The summed E-state index contributed by atoms with van der Waals surface area (Å²) in [4.78, 5) is 14.5. The van der Waals surface area contributed by atoms with Crippen LogP contribution in [0, 0.1) is 0 Å². The van der Waals surface area contributed by atoms with Crippen molar-refractivity contribution in [2.45, 2.75) is 38.6 Å². The van der Waals surface area contributed by atoms with Crippen molar-refractivity contribution in [3.8, 4) is 5.75 Å². The second-order valence-electron chi connectivity index (χ2n) is 6.85. The SMILES string of the molecule is O=C(NCc1ccccc1OC(F)F)NC1CCN(Cc2ccccc2)CC1. The van der Waals surface area contributed by atoms with Gasteiger partial charge in [0.25, 0.3) is 0 Å². The number of benzene rings is 2. The van der Waals surface area contributed by atoms with Gasteiger partial charge in [-0.15, -0.1) is 0 Å². The molecule has 0 saturated carbocycles. The summed E-state index contributed by atoms with van der Waals surface area (Å²) in [5, 5.41) is 5.69. The highest BCUT2D eigenvalue weighted by atomic mass is 19.3. The number of amides is 2. The number of hydrogen-bond donors (Lipinski definition) is 2. The zero-order valence-electron chi connectivity index (χ0n) is 15.6. The third-order valence-corrected chi connectivity index (χ3v) is 4.80. The quantitative estimate of drug-likeness (QED) is 0.758. The van der Waals surface area contributed by atoms with E-state index in [2.05, 4.69) is 32.4 Å². The standard InChI is InChI=1S/C21H25F2N3O2/c22-20(23)28-19-9-5-4-8-17(19)14-24-21(27)25-18-10-12-26(13-11-18)15-16-6-2-1-3-7-16/h1-9,18,20H,10-15H2,(H2,24,25,27). The van der Waals surface area contributed by atoms with Crippen LogP contribution in [-0.4, -0.2) is 36.7 Å². The molecule has 0 aliphatic carbocycles. The van der Waals surface area contributed by atoms with Gasteiger partial charge in [-0.3, -0.25) is 4.90 Å². The first kappa shape index (κ1) is 20.1. The number of para-hydroxylation sites is 1. The largest absolute Gasteiger partial charge is 0.434 e. The fourth-order valence-corrected chi connectivity index (χ4v) is 3.35. The van der Waals surface area contributed by atoms with Gasteiger partial charge in [0.15, 0.2) is 0 Å². The minimum Gasteiger partial charge on any atom is -0.434 e. The van der Waals surface area contributed by atoms with Crippen LogP contribution in [0.25, 0.3) is 0 Å². The Bertz CT molecular complexity index is 750. The highest BCUT2D eigenvalue weighted by molar-refractivity contribution is 5.74. The molecular weight excluding hydrogens is 364 g/mol. The predicted octanol–water partition coefficient (Wildman–Crippen LogP) is 3.75. The Morgan fingerprint density at radius 3 is 2.46 bits per heavy atom. The molecule has 1 heterocycles. The van der Waals surface area contributed by atoms with Gasteiger partial charge in [0, 0.05) is 37.8 Å². The lowest BCUT2D eigenvalue weighted by Gasteiger charge is -2.32. The number of nitrogens with zero attached hydrogens (tertiary/aromatic N) is 1. The van der Waals surface area contributed by atoms with Crippen LogP contribution in [0.4, 0.5) is 13.6 Å². The summed E-state index contributed by atoms with van der Waals surface area (Å²) in [6.07, 6.45) is 1.76. The first-order valence-electron chi connectivity index (χ1n) is 9.43. The first-order chi connectivity index (χ1) is 13.6. The maximum Gasteiger partial charge on any atom is 0.387 e. The number of nitrogens with one attached hydrogen (secondary N) is 2. The van der Waals surface area contributed by atoms with Crippen LogP contribution in [0.3, 0.4) is 0 Å².